The Kier molecular flexibility index (Phi) is 18.6. The van der Waals surface area contributed by atoms with Crippen molar-refractivity contribution >= 4 is 15.1 Å². The predicted octanol–water partition coefficient (Wildman–Crippen LogP) is 14.3. The summed E-state index contributed by atoms with van der Waals surface area (Å²) in [5.41, 5.74) is -0.495. The van der Waals surface area contributed by atoms with Gasteiger partial charge in [0.1, 0.15) is 0 Å². The Labute approximate surface area is 313 Å². The minimum atomic E-state index is -2.67. The molecule has 0 aromatic carbocycles. The van der Waals surface area contributed by atoms with E-state index in [1.165, 1.54) is 96.3 Å². The van der Waals surface area contributed by atoms with Crippen molar-refractivity contribution in [1.29, 1.82) is 0 Å². The predicted molar refractivity (Wildman–Crippen MR) is 214 cm³/mol. The number of hydrogen-bond acceptors (Lipinski definition) is 3. The lowest BCUT2D eigenvalue weighted by molar-refractivity contribution is -0.160. The lowest BCUT2D eigenvalue weighted by Gasteiger charge is -2.53. The summed E-state index contributed by atoms with van der Waals surface area (Å²) in [6.45, 7) is 29.3. The average molecular weight is 703 g/mol. The van der Waals surface area contributed by atoms with Gasteiger partial charge in [0.05, 0.1) is 0 Å². The van der Waals surface area contributed by atoms with E-state index in [2.05, 4.69) is 83.1 Å². The second kappa shape index (κ2) is 20.8. The summed E-state index contributed by atoms with van der Waals surface area (Å²) >= 11 is -2.67. The van der Waals surface area contributed by atoms with Gasteiger partial charge in [0, 0.05) is 16.8 Å². The normalized spacial score (nSPS) is 20.2. The molecule has 0 aromatic heterocycles. The summed E-state index contributed by atoms with van der Waals surface area (Å²) in [5.74, 6) is 5.31. The maximum absolute atomic E-state index is 8.11. The van der Waals surface area contributed by atoms with Crippen LogP contribution in [0.2, 0.25) is 0 Å². The van der Waals surface area contributed by atoms with Crippen molar-refractivity contribution in [3.8, 4) is 0 Å². The first-order valence-corrected chi connectivity index (χ1v) is 23.5. The van der Waals surface area contributed by atoms with Crippen LogP contribution in [0.15, 0.2) is 0 Å². The number of rotatable bonds is 21. The van der Waals surface area contributed by atoms with Crippen LogP contribution < -0.4 is 0 Å². The van der Waals surface area contributed by atoms with E-state index < -0.39 is 15.1 Å². The molecule has 0 spiro atoms. The summed E-state index contributed by atoms with van der Waals surface area (Å²) in [6, 6.07) is 0. The maximum atomic E-state index is 8.11. The van der Waals surface area contributed by atoms with E-state index in [1.54, 1.807) is 0 Å². The third kappa shape index (κ3) is 13.6. The molecule has 3 aliphatic carbocycles. The van der Waals surface area contributed by atoms with Crippen molar-refractivity contribution in [2.75, 3.05) is 0 Å². The molecule has 0 amide bonds. The maximum Gasteiger partial charge on any atom is 0.906 e. The van der Waals surface area contributed by atoms with Crippen molar-refractivity contribution in [3.63, 3.8) is 0 Å². The van der Waals surface area contributed by atoms with Crippen molar-refractivity contribution in [3.05, 3.63) is 0 Å². The zero-order chi connectivity index (χ0) is 36.2. The van der Waals surface area contributed by atoms with Crippen molar-refractivity contribution < 1.29 is 11.4 Å². The Morgan fingerprint density at radius 1 is 0.347 bits per heavy atom. The van der Waals surface area contributed by atoms with E-state index >= 15 is 0 Å². The minimum Gasteiger partial charge on any atom is -0.449 e. The highest BCUT2D eigenvalue weighted by Crippen LogP contribution is 2.50. The fraction of sp³-hybridized carbons (Fsp3) is 1.00. The van der Waals surface area contributed by atoms with Gasteiger partial charge in [-0.1, -0.05) is 141 Å². The molecule has 3 rings (SSSR count). The summed E-state index contributed by atoms with van der Waals surface area (Å²) in [7, 11) is 0. The van der Waals surface area contributed by atoms with Crippen molar-refractivity contribution in [2.24, 2.45) is 53.3 Å². The molecule has 3 saturated carbocycles. The molecule has 288 valence electrons. The highest BCUT2D eigenvalue weighted by Gasteiger charge is 2.57. The van der Waals surface area contributed by atoms with Gasteiger partial charge in [-0.2, -0.15) is 0 Å². The molecule has 0 atom stereocenters. The lowest BCUT2D eigenvalue weighted by Crippen LogP contribution is -2.58. The first-order chi connectivity index (χ1) is 23.1. The van der Waals surface area contributed by atoms with Gasteiger partial charge in [0.2, 0.25) is 0 Å². The van der Waals surface area contributed by atoms with Gasteiger partial charge >= 0.3 is 15.1 Å². The van der Waals surface area contributed by atoms with Gasteiger partial charge < -0.3 is 11.4 Å². The molecular weight excluding hydrogens is 615 g/mol. The van der Waals surface area contributed by atoms with Gasteiger partial charge in [0.15, 0.2) is 0 Å². The Morgan fingerprint density at radius 3 is 0.694 bits per heavy atom. The summed E-state index contributed by atoms with van der Waals surface area (Å²) in [4.78, 5) is 0. The van der Waals surface area contributed by atoms with Crippen LogP contribution in [-0.2, 0) is 11.4 Å². The van der Waals surface area contributed by atoms with Gasteiger partial charge in [-0.3, -0.25) is 0 Å². The molecule has 0 saturated heterocycles. The quantitative estimate of drug-likeness (QED) is 0.111. The van der Waals surface area contributed by atoms with E-state index in [9.17, 15) is 0 Å². The molecule has 0 N–H and O–H groups in total. The Bertz CT molecular complexity index is 732. The minimum absolute atomic E-state index is 0.165. The molecule has 49 heavy (non-hydrogen) atoms. The zero-order valence-electron chi connectivity index (χ0n) is 35.3. The standard InChI is InChI=1S/3C15H29O.Al/c3*1-12(2)10-15(16,11-13(3)4)14-8-6-5-7-9-14;/h3*12-14H,5-11H2,1-4H3;/q3*-1;+3. The molecule has 0 aromatic rings. The van der Waals surface area contributed by atoms with Crippen molar-refractivity contribution in [2.45, 2.75) is 235 Å². The van der Waals surface area contributed by atoms with E-state index in [0.717, 1.165) is 38.5 Å². The summed E-state index contributed by atoms with van der Waals surface area (Å²) < 4.78 is 24.3. The Hall–Kier alpha value is 0.412. The first kappa shape index (κ1) is 43.8. The summed E-state index contributed by atoms with van der Waals surface area (Å²) in [5, 5.41) is 0. The second-order valence-corrected chi connectivity index (χ2v) is 21.7. The Morgan fingerprint density at radius 2 is 0.531 bits per heavy atom. The lowest BCUT2D eigenvalue weighted by atomic mass is 9.70. The van der Waals surface area contributed by atoms with Crippen LogP contribution in [0.4, 0.5) is 0 Å². The first-order valence-electron chi connectivity index (χ1n) is 22.1. The molecule has 3 nitrogen and oxygen atoms in total. The van der Waals surface area contributed by atoms with E-state index in [-0.39, 0.29) is 16.8 Å². The smallest absolute Gasteiger partial charge is 0.449 e. The highest BCUT2D eigenvalue weighted by molar-refractivity contribution is 6.37. The van der Waals surface area contributed by atoms with Crippen LogP contribution in [0.25, 0.3) is 0 Å². The molecule has 0 unspecified atom stereocenters. The molecule has 0 bridgehead atoms. The topological polar surface area (TPSA) is 27.7 Å². The van der Waals surface area contributed by atoms with Gasteiger partial charge in [0.25, 0.3) is 0 Å². The molecule has 0 radical (unpaired) electrons. The van der Waals surface area contributed by atoms with Crippen LogP contribution in [0.1, 0.15) is 218 Å². The SMILES string of the molecule is CC(C)CC(CC(C)C)([O][Al]([O]C(CC(C)C)(CC(C)C)C1CCCCC1)[O]C(CC(C)C)(CC(C)C)C1CCCCC1)C1CCCCC1. The molecule has 3 aliphatic rings. The average Bonchev–Trinajstić information content (AvgIpc) is 3.00. The van der Waals surface area contributed by atoms with Gasteiger partial charge in [-0.25, -0.2) is 0 Å². The van der Waals surface area contributed by atoms with Crippen LogP contribution in [-0.4, -0.2) is 32.0 Å². The largest absolute Gasteiger partial charge is 0.906 e. The third-order valence-corrected chi connectivity index (χ3v) is 14.5. The van der Waals surface area contributed by atoms with Crippen LogP contribution >= 0.6 is 0 Å². The monoisotopic (exact) mass is 703 g/mol. The Balaban J connectivity index is 2.26. The molecule has 3 fully saturated rings. The molecule has 0 heterocycles. The van der Waals surface area contributed by atoms with Crippen LogP contribution in [0, 0.1) is 53.3 Å². The van der Waals surface area contributed by atoms with E-state index in [0.29, 0.717) is 53.3 Å². The fourth-order valence-electron chi connectivity index (χ4n) is 11.5. The van der Waals surface area contributed by atoms with E-state index in [4.69, 9.17) is 11.4 Å². The third-order valence-electron chi connectivity index (χ3n) is 12.6. The summed E-state index contributed by atoms with van der Waals surface area (Å²) in [6.07, 6.45) is 26.8. The van der Waals surface area contributed by atoms with Crippen molar-refractivity contribution in [1.82, 2.24) is 0 Å². The zero-order valence-corrected chi connectivity index (χ0v) is 36.5. The molecule has 0 aliphatic heterocycles. The van der Waals surface area contributed by atoms with Crippen LogP contribution in [0.5, 0.6) is 0 Å². The molecule has 4 heteroatoms. The van der Waals surface area contributed by atoms with Crippen LogP contribution in [0.3, 0.4) is 0 Å². The number of hydrogen-bond donors (Lipinski definition) is 0. The second-order valence-electron chi connectivity index (χ2n) is 20.4. The highest BCUT2D eigenvalue weighted by atomic mass is 27.3. The van der Waals surface area contributed by atoms with Gasteiger partial charge in [-0.15, -0.1) is 0 Å². The molecular formula is C45H87AlO3. The van der Waals surface area contributed by atoms with E-state index in [1.807, 2.05) is 0 Å². The fourth-order valence-corrected chi connectivity index (χ4v) is 14.0. The van der Waals surface area contributed by atoms with Gasteiger partial charge in [-0.05, 0) is 130 Å².